The van der Waals surface area contributed by atoms with Gasteiger partial charge in [0, 0.05) is 0 Å². The Hall–Kier alpha value is -0.870. The van der Waals surface area contributed by atoms with E-state index in [4.69, 9.17) is 4.74 Å². The predicted octanol–water partition coefficient (Wildman–Crippen LogP) is 2.18. The summed E-state index contributed by atoms with van der Waals surface area (Å²) in [5.74, 6) is 0.997. The van der Waals surface area contributed by atoms with Crippen LogP contribution in [0.25, 0.3) is 0 Å². The zero-order chi connectivity index (χ0) is 12.0. The first-order valence-corrected chi connectivity index (χ1v) is 5.95. The van der Waals surface area contributed by atoms with Gasteiger partial charge in [-0.3, -0.25) is 4.79 Å². The van der Waals surface area contributed by atoms with Crippen molar-refractivity contribution >= 4 is 21.7 Å². The Morgan fingerprint density at radius 1 is 1.50 bits per heavy atom. The lowest BCUT2D eigenvalue weighted by Gasteiger charge is -2.06. The van der Waals surface area contributed by atoms with E-state index in [9.17, 15) is 4.79 Å². The molecule has 88 valence electrons. The second-order valence-corrected chi connectivity index (χ2v) is 4.45. The first-order valence-electron chi connectivity index (χ1n) is 5.16. The second kappa shape index (κ2) is 6.66. The van der Waals surface area contributed by atoms with E-state index in [1.165, 1.54) is 5.56 Å². The van der Waals surface area contributed by atoms with Crippen molar-refractivity contribution in [3.05, 3.63) is 28.2 Å². The molecule has 16 heavy (non-hydrogen) atoms. The molecule has 0 saturated carbocycles. The number of rotatable bonds is 6. The van der Waals surface area contributed by atoms with E-state index >= 15 is 0 Å². The molecule has 1 aromatic rings. The molecule has 1 aromatic carbocycles. The summed E-state index contributed by atoms with van der Waals surface area (Å²) in [5, 5.41) is 3.09. The largest absolute Gasteiger partial charge is 0.496 e. The zero-order valence-electron chi connectivity index (χ0n) is 9.55. The van der Waals surface area contributed by atoms with Crippen LogP contribution in [0, 0.1) is 0 Å². The molecular formula is C12H16BrNO2. The van der Waals surface area contributed by atoms with Gasteiger partial charge in [-0.1, -0.05) is 6.07 Å². The summed E-state index contributed by atoms with van der Waals surface area (Å²) in [6.45, 7) is 2.83. The number of nitrogens with one attached hydrogen (secondary N) is 1. The maximum Gasteiger partial charge on any atom is 0.143 e. The summed E-state index contributed by atoms with van der Waals surface area (Å²) >= 11 is 3.44. The number of carbonyl (C=O) groups is 1. The lowest BCUT2D eigenvalue weighted by Crippen LogP contribution is -2.23. The fraction of sp³-hybridized carbons (Fsp3) is 0.417. The Kier molecular flexibility index (Phi) is 5.49. The van der Waals surface area contributed by atoms with Crippen LogP contribution in [-0.4, -0.2) is 26.0 Å². The van der Waals surface area contributed by atoms with Crippen LogP contribution in [0.15, 0.2) is 22.7 Å². The summed E-state index contributed by atoms with van der Waals surface area (Å²) in [6.07, 6.45) is 0.899. The van der Waals surface area contributed by atoms with E-state index in [2.05, 4.69) is 21.2 Å². The fourth-order valence-electron chi connectivity index (χ4n) is 1.36. The molecule has 1 rings (SSSR count). The van der Waals surface area contributed by atoms with Crippen LogP contribution in [0.4, 0.5) is 0 Å². The molecule has 0 fully saturated rings. The van der Waals surface area contributed by atoms with Gasteiger partial charge in [-0.25, -0.2) is 0 Å². The van der Waals surface area contributed by atoms with Crippen molar-refractivity contribution in [2.24, 2.45) is 0 Å². The smallest absolute Gasteiger partial charge is 0.143 e. The summed E-state index contributed by atoms with van der Waals surface area (Å²) in [5.41, 5.74) is 1.21. The molecule has 4 heteroatoms. The van der Waals surface area contributed by atoms with E-state index in [0.29, 0.717) is 6.54 Å². The van der Waals surface area contributed by atoms with Crippen molar-refractivity contribution in [3.63, 3.8) is 0 Å². The van der Waals surface area contributed by atoms with Gasteiger partial charge >= 0.3 is 0 Å². The number of ketones is 1. The number of hydrogen-bond donors (Lipinski definition) is 1. The van der Waals surface area contributed by atoms with Crippen molar-refractivity contribution in [2.45, 2.75) is 13.3 Å². The van der Waals surface area contributed by atoms with E-state index in [1.807, 2.05) is 18.2 Å². The number of Topliss-reactive ketones (excluding diaryl/α,β-unsaturated/α-hetero) is 1. The maximum absolute atomic E-state index is 10.7. The molecule has 0 aromatic heterocycles. The summed E-state index contributed by atoms with van der Waals surface area (Å²) in [4.78, 5) is 10.7. The monoisotopic (exact) mass is 285 g/mol. The third-order valence-corrected chi connectivity index (χ3v) is 2.80. The average Bonchev–Trinajstić information content (AvgIpc) is 2.24. The molecule has 0 amide bonds. The highest BCUT2D eigenvalue weighted by molar-refractivity contribution is 9.10. The van der Waals surface area contributed by atoms with Gasteiger partial charge < -0.3 is 10.1 Å². The first kappa shape index (κ1) is 13.2. The van der Waals surface area contributed by atoms with Gasteiger partial charge in [-0.15, -0.1) is 0 Å². The fourth-order valence-corrected chi connectivity index (χ4v) is 1.95. The molecule has 0 aliphatic heterocycles. The molecule has 0 radical (unpaired) electrons. The number of halogens is 1. The topological polar surface area (TPSA) is 38.3 Å². The SMILES string of the molecule is COc1ccc(CCNCC(C)=O)cc1Br. The van der Waals surface area contributed by atoms with Gasteiger partial charge in [-0.05, 0) is 53.5 Å². The van der Waals surface area contributed by atoms with Crippen molar-refractivity contribution in [1.29, 1.82) is 0 Å². The van der Waals surface area contributed by atoms with Crippen LogP contribution in [-0.2, 0) is 11.2 Å². The van der Waals surface area contributed by atoms with Gasteiger partial charge in [0.2, 0.25) is 0 Å². The highest BCUT2D eigenvalue weighted by Gasteiger charge is 2.01. The molecule has 0 aliphatic rings. The number of hydrogen-bond acceptors (Lipinski definition) is 3. The van der Waals surface area contributed by atoms with Crippen LogP contribution in [0.3, 0.4) is 0 Å². The highest BCUT2D eigenvalue weighted by Crippen LogP contribution is 2.25. The van der Waals surface area contributed by atoms with E-state index in [-0.39, 0.29) is 5.78 Å². The van der Waals surface area contributed by atoms with Crippen LogP contribution >= 0.6 is 15.9 Å². The van der Waals surface area contributed by atoms with Crippen molar-refractivity contribution < 1.29 is 9.53 Å². The normalized spacial score (nSPS) is 10.2. The zero-order valence-corrected chi connectivity index (χ0v) is 11.1. The predicted molar refractivity (Wildman–Crippen MR) is 67.9 cm³/mol. The Morgan fingerprint density at radius 2 is 2.25 bits per heavy atom. The first-order chi connectivity index (χ1) is 7.63. The van der Waals surface area contributed by atoms with Crippen molar-refractivity contribution in [1.82, 2.24) is 5.32 Å². The average molecular weight is 286 g/mol. The van der Waals surface area contributed by atoms with E-state index < -0.39 is 0 Å². The lowest BCUT2D eigenvalue weighted by atomic mass is 10.1. The molecule has 0 saturated heterocycles. The van der Waals surface area contributed by atoms with Crippen LogP contribution in [0.5, 0.6) is 5.75 Å². The molecule has 0 heterocycles. The molecule has 0 unspecified atom stereocenters. The van der Waals surface area contributed by atoms with Crippen LogP contribution in [0.2, 0.25) is 0 Å². The Balaban J connectivity index is 2.43. The standard InChI is InChI=1S/C12H16BrNO2/c1-9(15)8-14-6-5-10-3-4-12(16-2)11(13)7-10/h3-4,7,14H,5-6,8H2,1-2H3. The molecule has 1 N–H and O–H groups in total. The Bertz CT molecular complexity index is 366. The minimum absolute atomic E-state index is 0.163. The number of methoxy groups -OCH3 is 1. The molecule has 0 spiro atoms. The highest BCUT2D eigenvalue weighted by atomic mass is 79.9. The quantitative estimate of drug-likeness (QED) is 0.815. The van der Waals surface area contributed by atoms with E-state index in [1.54, 1.807) is 14.0 Å². The third-order valence-electron chi connectivity index (χ3n) is 2.18. The van der Waals surface area contributed by atoms with Gasteiger partial charge in [-0.2, -0.15) is 0 Å². The van der Waals surface area contributed by atoms with Crippen LogP contribution in [0.1, 0.15) is 12.5 Å². The number of carbonyl (C=O) groups excluding carboxylic acids is 1. The molecule has 0 atom stereocenters. The summed E-state index contributed by atoms with van der Waals surface area (Å²) in [6, 6.07) is 6.00. The van der Waals surface area contributed by atoms with Crippen LogP contribution < -0.4 is 10.1 Å². The second-order valence-electron chi connectivity index (χ2n) is 3.60. The van der Waals surface area contributed by atoms with Gasteiger partial charge in [0.25, 0.3) is 0 Å². The van der Waals surface area contributed by atoms with E-state index in [0.717, 1.165) is 23.2 Å². The Morgan fingerprint density at radius 3 is 2.81 bits per heavy atom. The molecule has 0 bridgehead atoms. The minimum Gasteiger partial charge on any atom is -0.496 e. The van der Waals surface area contributed by atoms with Crippen molar-refractivity contribution in [3.8, 4) is 5.75 Å². The lowest BCUT2D eigenvalue weighted by molar-refractivity contribution is -0.116. The number of benzene rings is 1. The van der Waals surface area contributed by atoms with Crippen molar-refractivity contribution in [2.75, 3.05) is 20.2 Å². The molecular weight excluding hydrogens is 270 g/mol. The van der Waals surface area contributed by atoms with Gasteiger partial charge in [0.15, 0.2) is 0 Å². The van der Waals surface area contributed by atoms with Gasteiger partial charge in [0.05, 0.1) is 18.1 Å². The molecule has 0 aliphatic carbocycles. The summed E-state index contributed by atoms with van der Waals surface area (Å²) < 4.78 is 6.11. The summed E-state index contributed by atoms with van der Waals surface area (Å²) in [7, 11) is 1.65. The van der Waals surface area contributed by atoms with Gasteiger partial charge in [0.1, 0.15) is 11.5 Å². The third kappa shape index (κ3) is 4.33. The minimum atomic E-state index is 0.163. The number of ether oxygens (including phenoxy) is 1. The Labute approximate surface area is 104 Å². The molecule has 3 nitrogen and oxygen atoms in total. The maximum atomic E-state index is 10.7.